The van der Waals surface area contributed by atoms with Crippen LogP contribution in [0.2, 0.25) is 0 Å². The minimum atomic E-state index is -0.566. The van der Waals surface area contributed by atoms with Gasteiger partial charge in [-0.1, -0.05) is 6.07 Å². The van der Waals surface area contributed by atoms with E-state index in [1.54, 1.807) is 17.9 Å². The zero-order chi connectivity index (χ0) is 13.1. The molecule has 3 nitrogen and oxygen atoms in total. The first-order valence-electron chi connectivity index (χ1n) is 6.29. The van der Waals surface area contributed by atoms with E-state index in [1.165, 1.54) is 12.1 Å². The second-order valence-corrected chi connectivity index (χ2v) is 4.70. The Morgan fingerprint density at radius 1 is 1.39 bits per heavy atom. The van der Waals surface area contributed by atoms with Gasteiger partial charge in [0.1, 0.15) is 11.6 Å². The minimum Gasteiger partial charge on any atom is -0.481 e. The molecule has 1 aliphatic heterocycles. The van der Waals surface area contributed by atoms with Gasteiger partial charge in [-0.2, -0.15) is 0 Å². The van der Waals surface area contributed by atoms with Crippen LogP contribution >= 0.6 is 0 Å². The van der Waals surface area contributed by atoms with Crippen molar-refractivity contribution >= 4 is 5.91 Å². The highest BCUT2D eigenvalue weighted by atomic mass is 19.1. The second-order valence-electron chi connectivity index (χ2n) is 4.70. The SMILES string of the molecule is Cc1ccc(F)cc1OC(C)C(=O)N1CCCC1. The fourth-order valence-electron chi connectivity index (χ4n) is 2.14. The Balaban J connectivity index is 2.03. The lowest BCUT2D eigenvalue weighted by atomic mass is 10.2. The molecule has 98 valence electrons. The largest absolute Gasteiger partial charge is 0.481 e. The highest BCUT2D eigenvalue weighted by Crippen LogP contribution is 2.21. The van der Waals surface area contributed by atoms with Crippen LogP contribution in [0.25, 0.3) is 0 Å². The number of ether oxygens (including phenoxy) is 1. The molecule has 1 aromatic carbocycles. The number of hydrogen-bond donors (Lipinski definition) is 0. The molecule has 0 N–H and O–H groups in total. The molecule has 0 radical (unpaired) electrons. The molecule has 1 amide bonds. The topological polar surface area (TPSA) is 29.5 Å². The number of halogens is 1. The summed E-state index contributed by atoms with van der Waals surface area (Å²) < 4.78 is 18.7. The maximum Gasteiger partial charge on any atom is 0.263 e. The van der Waals surface area contributed by atoms with Gasteiger partial charge in [0.25, 0.3) is 5.91 Å². The molecule has 1 fully saturated rings. The summed E-state index contributed by atoms with van der Waals surface area (Å²) in [5.74, 6) is 0.0719. The molecule has 0 bridgehead atoms. The van der Waals surface area contributed by atoms with Crippen molar-refractivity contribution < 1.29 is 13.9 Å². The lowest BCUT2D eigenvalue weighted by Gasteiger charge is -2.21. The Labute approximate surface area is 107 Å². The third kappa shape index (κ3) is 2.81. The van der Waals surface area contributed by atoms with E-state index in [2.05, 4.69) is 0 Å². The van der Waals surface area contributed by atoms with Gasteiger partial charge in [-0.3, -0.25) is 4.79 Å². The summed E-state index contributed by atoms with van der Waals surface area (Å²) in [6.45, 7) is 5.15. The van der Waals surface area contributed by atoms with Crippen LogP contribution in [0.5, 0.6) is 5.75 Å². The average molecular weight is 251 g/mol. The van der Waals surface area contributed by atoms with Crippen molar-refractivity contribution in [3.63, 3.8) is 0 Å². The van der Waals surface area contributed by atoms with E-state index in [9.17, 15) is 9.18 Å². The summed E-state index contributed by atoms with van der Waals surface area (Å²) in [4.78, 5) is 13.9. The van der Waals surface area contributed by atoms with Gasteiger partial charge in [-0.25, -0.2) is 4.39 Å². The number of rotatable bonds is 3. The van der Waals surface area contributed by atoms with Crippen molar-refractivity contribution in [1.82, 2.24) is 4.90 Å². The number of carbonyl (C=O) groups excluding carboxylic acids is 1. The summed E-state index contributed by atoms with van der Waals surface area (Å²) >= 11 is 0. The number of benzene rings is 1. The molecule has 1 aliphatic rings. The quantitative estimate of drug-likeness (QED) is 0.826. The molecule has 1 unspecified atom stereocenters. The molecule has 1 heterocycles. The number of carbonyl (C=O) groups is 1. The number of amides is 1. The number of likely N-dealkylation sites (tertiary alicyclic amines) is 1. The monoisotopic (exact) mass is 251 g/mol. The van der Waals surface area contributed by atoms with Crippen LogP contribution < -0.4 is 4.74 Å². The predicted octanol–water partition coefficient (Wildman–Crippen LogP) is 2.52. The lowest BCUT2D eigenvalue weighted by molar-refractivity contribution is -0.136. The molecule has 0 spiro atoms. The van der Waals surface area contributed by atoms with Crippen LogP contribution in [0, 0.1) is 12.7 Å². The van der Waals surface area contributed by atoms with E-state index in [0.29, 0.717) is 5.75 Å². The summed E-state index contributed by atoms with van der Waals surface area (Å²) in [6, 6.07) is 4.36. The normalized spacial score (nSPS) is 16.7. The standard InChI is InChI=1S/C14H18FNO2/c1-10-5-6-12(15)9-13(10)18-11(2)14(17)16-7-3-4-8-16/h5-6,9,11H,3-4,7-8H2,1-2H3. The smallest absolute Gasteiger partial charge is 0.263 e. The van der Waals surface area contributed by atoms with E-state index in [0.717, 1.165) is 31.5 Å². The highest BCUT2D eigenvalue weighted by molar-refractivity contribution is 5.81. The maximum absolute atomic E-state index is 13.1. The molecule has 0 aliphatic carbocycles. The molecule has 4 heteroatoms. The van der Waals surface area contributed by atoms with E-state index in [-0.39, 0.29) is 11.7 Å². The molecule has 1 atom stereocenters. The van der Waals surface area contributed by atoms with E-state index >= 15 is 0 Å². The Hall–Kier alpha value is -1.58. The van der Waals surface area contributed by atoms with Gasteiger partial charge >= 0.3 is 0 Å². The Bertz CT molecular complexity index is 441. The van der Waals surface area contributed by atoms with E-state index in [4.69, 9.17) is 4.74 Å². The van der Waals surface area contributed by atoms with Crippen LogP contribution in [-0.2, 0) is 4.79 Å². The van der Waals surface area contributed by atoms with Gasteiger partial charge in [0.2, 0.25) is 0 Å². The lowest BCUT2D eigenvalue weighted by Crippen LogP contribution is -2.38. The molecule has 2 rings (SSSR count). The first-order chi connectivity index (χ1) is 8.58. The van der Waals surface area contributed by atoms with Crippen LogP contribution in [0.3, 0.4) is 0 Å². The van der Waals surface area contributed by atoms with Gasteiger partial charge in [0.05, 0.1) is 0 Å². The van der Waals surface area contributed by atoms with Gasteiger partial charge in [-0.15, -0.1) is 0 Å². The molecule has 0 saturated carbocycles. The van der Waals surface area contributed by atoms with Gasteiger partial charge in [-0.05, 0) is 38.3 Å². The molecule has 18 heavy (non-hydrogen) atoms. The molecular weight excluding hydrogens is 233 g/mol. The second kappa shape index (κ2) is 5.38. The summed E-state index contributed by atoms with van der Waals surface area (Å²) in [5.41, 5.74) is 0.831. The Kier molecular flexibility index (Phi) is 3.84. The summed E-state index contributed by atoms with van der Waals surface area (Å²) in [5, 5.41) is 0. The summed E-state index contributed by atoms with van der Waals surface area (Å²) in [7, 11) is 0. The van der Waals surface area contributed by atoms with Crippen molar-refractivity contribution in [3.8, 4) is 5.75 Å². The van der Waals surface area contributed by atoms with Crippen molar-refractivity contribution in [1.29, 1.82) is 0 Å². The van der Waals surface area contributed by atoms with Crippen LogP contribution in [0.4, 0.5) is 4.39 Å². The first-order valence-corrected chi connectivity index (χ1v) is 6.29. The Morgan fingerprint density at radius 2 is 2.06 bits per heavy atom. The van der Waals surface area contributed by atoms with Crippen LogP contribution in [-0.4, -0.2) is 30.0 Å². The fraction of sp³-hybridized carbons (Fsp3) is 0.500. The molecule has 1 saturated heterocycles. The third-order valence-corrected chi connectivity index (χ3v) is 3.22. The van der Waals surface area contributed by atoms with Crippen molar-refractivity contribution in [2.75, 3.05) is 13.1 Å². The van der Waals surface area contributed by atoms with Gasteiger partial charge < -0.3 is 9.64 Å². The van der Waals surface area contributed by atoms with Crippen LogP contribution in [0.1, 0.15) is 25.3 Å². The van der Waals surface area contributed by atoms with E-state index < -0.39 is 6.10 Å². The van der Waals surface area contributed by atoms with Crippen molar-refractivity contribution in [3.05, 3.63) is 29.6 Å². The number of nitrogens with zero attached hydrogens (tertiary/aromatic N) is 1. The number of aryl methyl sites for hydroxylation is 1. The highest BCUT2D eigenvalue weighted by Gasteiger charge is 2.24. The van der Waals surface area contributed by atoms with E-state index in [1.807, 2.05) is 6.92 Å². The molecular formula is C14H18FNO2. The predicted molar refractivity (Wildman–Crippen MR) is 67.0 cm³/mol. The van der Waals surface area contributed by atoms with Crippen molar-refractivity contribution in [2.45, 2.75) is 32.8 Å². The minimum absolute atomic E-state index is 0.0174. The zero-order valence-corrected chi connectivity index (χ0v) is 10.8. The third-order valence-electron chi connectivity index (χ3n) is 3.22. The number of hydrogen-bond acceptors (Lipinski definition) is 2. The van der Waals surface area contributed by atoms with Gasteiger partial charge in [0, 0.05) is 19.2 Å². The van der Waals surface area contributed by atoms with Crippen molar-refractivity contribution in [2.24, 2.45) is 0 Å². The fourth-order valence-corrected chi connectivity index (χ4v) is 2.14. The van der Waals surface area contributed by atoms with Crippen LogP contribution in [0.15, 0.2) is 18.2 Å². The summed E-state index contributed by atoms with van der Waals surface area (Å²) in [6.07, 6.45) is 1.54. The average Bonchev–Trinajstić information content (AvgIpc) is 2.86. The first kappa shape index (κ1) is 12.9. The molecule has 1 aromatic rings. The van der Waals surface area contributed by atoms with Gasteiger partial charge in [0.15, 0.2) is 6.10 Å². The molecule has 0 aromatic heterocycles. The Morgan fingerprint density at radius 3 is 2.72 bits per heavy atom. The maximum atomic E-state index is 13.1. The zero-order valence-electron chi connectivity index (χ0n) is 10.8.